The van der Waals surface area contributed by atoms with Crippen LogP contribution < -0.4 is 20.3 Å². The summed E-state index contributed by atoms with van der Waals surface area (Å²) in [5, 5.41) is 0. The van der Waals surface area contributed by atoms with E-state index in [1.165, 1.54) is 7.11 Å². The first kappa shape index (κ1) is 18.0. The highest BCUT2D eigenvalue weighted by Crippen LogP contribution is 2.32. The van der Waals surface area contributed by atoms with Crippen molar-refractivity contribution in [1.29, 1.82) is 0 Å². The van der Waals surface area contributed by atoms with Crippen LogP contribution in [0.3, 0.4) is 0 Å². The fourth-order valence-corrected chi connectivity index (χ4v) is 3.02. The second-order valence-electron chi connectivity index (χ2n) is 6.42. The molecule has 3 rings (SSSR count). The van der Waals surface area contributed by atoms with Crippen molar-refractivity contribution >= 4 is 17.7 Å². The van der Waals surface area contributed by atoms with E-state index in [1.807, 2.05) is 6.92 Å². The molecule has 8 heteroatoms. The minimum Gasteiger partial charge on any atom is -0.493 e. The van der Waals surface area contributed by atoms with E-state index in [4.69, 9.17) is 9.47 Å². The summed E-state index contributed by atoms with van der Waals surface area (Å²) in [6.45, 7) is 2.76. The summed E-state index contributed by atoms with van der Waals surface area (Å²) in [6.07, 6.45) is 2.21. The molecule has 8 nitrogen and oxygen atoms in total. The molecule has 1 saturated carbocycles. The van der Waals surface area contributed by atoms with E-state index in [9.17, 15) is 14.4 Å². The third-order valence-electron chi connectivity index (χ3n) is 4.54. The molecule has 3 amide bonds. The smallest absolute Gasteiger partial charge is 0.269 e. The number of carbonyl (C=O) groups is 3. The zero-order valence-electron chi connectivity index (χ0n) is 14.9. The molecule has 1 saturated heterocycles. The number of carbonyl (C=O) groups excluding carboxylic acids is 3. The minimum absolute atomic E-state index is 0.00947. The van der Waals surface area contributed by atoms with E-state index in [2.05, 4.69) is 10.9 Å². The number of nitrogens with zero attached hydrogens (tertiary/aromatic N) is 1. The number of benzene rings is 1. The van der Waals surface area contributed by atoms with E-state index in [-0.39, 0.29) is 18.2 Å². The van der Waals surface area contributed by atoms with Crippen LogP contribution in [-0.4, -0.2) is 48.9 Å². The third kappa shape index (κ3) is 3.89. The van der Waals surface area contributed by atoms with Crippen LogP contribution >= 0.6 is 0 Å². The van der Waals surface area contributed by atoms with Gasteiger partial charge in [0.1, 0.15) is 0 Å². The molecule has 2 aliphatic rings. The zero-order chi connectivity index (χ0) is 18.7. The molecule has 1 atom stereocenters. The maximum absolute atomic E-state index is 12.2. The quantitative estimate of drug-likeness (QED) is 0.733. The van der Waals surface area contributed by atoms with Crippen LogP contribution in [0.1, 0.15) is 36.5 Å². The second-order valence-corrected chi connectivity index (χ2v) is 6.42. The number of methoxy groups -OCH3 is 1. The van der Waals surface area contributed by atoms with Crippen LogP contribution in [0, 0.1) is 5.92 Å². The summed E-state index contributed by atoms with van der Waals surface area (Å²) in [7, 11) is 1.49. The van der Waals surface area contributed by atoms with E-state index in [0.29, 0.717) is 36.3 Å². The Morgan fingerprint density at radius 3 is 2.65 bits per heavy atom. The first-order valence-electron chi connectivity index (χ1n) is 8.74. The van der Waals surface area contributed by atoms with Crippen molar-refractivity contribution in [3.8, 4) is 11.5 Å². The van der Waals surface area contributed by atoms with Gasteiger partial charge in [0.25, 0.3) is 5.91 Å². The minimum atomic E-state index is -0.469. The molecule has 0 bridgehead atoms. The Kier molecular flexibility index (Phi) is 5.29. The van der Waals surface area contributed by atoms with Gasteiger partial charge in [-0.3, -0.25) is 25.2 Å². The molecule has 1 aromatic rings. The fourth-order valence-electron chi connectivity index (χ4n) is 3.02. The highest BCUT2D eigenvalue weighted by molar-refractivity contribution is 5.97. The molecule has 2 N–H and O–H groups in total. The Morgan fingerprint density at radius 1 is 1.23 bits per heavy atom. The normalized spacial score (nSPS) is 19.2. The van der Waals surface area contributed by atoms with Crippen molar-refractivity contribution in [2.75, 3.05) is 20.3 Å². The van der Waals surface area contributed by atoms with Crippen molar-refractivity contribution in [1.82, 2.24) is 15.8 Å². The van der Waals surface area contributed by atoms with Crippen molar-refractivity contribution in [2.24, 2.45) is 5.92 Å². The van der Waals surface area contributed by atoms with Crippen LogP contribution in [0.2, 0.25) is 0 Å². The van der Waals surface area contributed by atoms with E-state index in [1.54, 1.807) is 23.1 Å². The van der Waals surface area contributed by atoms with Gasteiger partial charge in [-0.05, 0) is 38.0 Å². The van der Waals surface area contributed by atoms with Crippen LogP contribution in [0.4, 0.5) is 0 Å². The molecular formula is C18H23N3O5. The highest BCUT2D eigenvalue weighted by atomic mass is 16.5. The average Bonchev–Trinajstić information content (AvgIpc) is 3.41. The maximum Gasteiger partial charge on any atom is 0.269 e. The number of hydrogen-bond acceptors (Lipinski definition) is 5. The zero-order valence-corrected chi connectivity index (χ0v) is 14.9. The van der Waals surface area contributed by atoms with Crippen molar-refractivity contribution in [3.63, 3.8) is 0 Å². The first-order chi connectivity index (χ1) is 12.5. The van der Waals surface area contributed by atoms with Gasteiger partial charge in [-0.1, -0.05) is 0 Å². The summed E-state index contributed by atoms with van der Waals surface area (Å²) in [4.78, 5) is 38.2. The summed E-state index contributed by atoms with van der Waals surface area (Å²) in [5.74, 6) is -0.267. The standard InChI is InChI=1S/C18H23N3O5/c1-3-26-14-7-4-11(8-15(14)25-2)17(23)19-20-18(24)12-9-16(22)21(10-12)13-5-6-13/h4,7-8,12-13H,3,5-6,9-10H2,1-2H3,(H,19,23)(H,20,24)/t12-/m0/s1. The van der Waals surface area contributed by atoms with Crippen LogP contribution in [0.15, 0.2) is 18.2 Å². The molecule has 1 aromatic carbocycles. The van der Waals surface area contributed by atoms with Gasteiger partial charge < -0.3 is 14.4 Å². The van der Waals surface area contributed by atoms with E-state index in [0.717, 1.165) is 12.8 Å². The van der Waals surface area contributed by atoms with Crippen molar-refractivity contribution < 1.29 is 23.9 Å². The van der Waals surface area contributed by atoms with E-state index >= 15 is 0 Å². The topological polar surface area (TPSA) is 97.0 Å². The summed E-state index contributed by atoms with van der Waals surface area (Å²) in [5.41, 5.74) is 5.13. The predicted molar refractivity (Wildman–Crippen MR) is 92.6 cm³/mol. The van der Waals surface area contributed by atoms with Gasteiger partial charge in [0.05, 0.1) is 19.6 Å². The molecule has 0 spiro atoms. The highest BCUT2D eigenvalue weighted by Gasteiger charge is 2.41. The number of likely N-dealkylation sites (tertiary alicyclic amines) is 1. The lowest BCUT2D eigenvalue weighted by atomic mass is 10.1. The molecule has 0 radical (unpaired) electrons. The molecule has 2 fully saturated rings. The van der Waals surface area contributed by atoms with Crippen molar-refractivity contribution in [3.05, 3.63) is 23.8 Å². The first-order valence-corrected chi connectivity index (χ1v) is 8.74. The maximum atomic E-state index is 12.2. The lowest BCUT2D eigenvalue weighted by Gasteiger charge is -2.15. The SMILES string of the molecule is CCOc1ccc(C(=O)NNC(=O)[C@H]2CC(=O)N(C3CC3)C2)cc1OC. The Hall–Kier alpha value is -2.77. The lowest BCUT2D eigenvalue weighted by molar-refractivity contribution is -0.129. The lowest BCUT2D eigenvalue weighted by Crippen LogP contribution is -2.45. The molecule has 0 unspecified atom stereocenters. The molecule has 1 aliphatic carbocycles. The summed E-state index contributed by atoms with van der Waals surface area (Å²) < 4.78 is 10.6. The summed E-state index contributed by atoms with van der Waals surface area (Å²) >= 11 is 0. The average molecular weight is 361 g/mol. The number of nitrogens with one attached hydrogen (secondary N) is 2. The van der Waals surface area contributed by atoms with Gasteiger partial charge in [0, 0.05) is 24.6 Å². The second kappa shape index (κ2) is 7.63. The van der Waals surface area contributed by atoms with Gasteiger partial charge in [0.2, 0.25) is 11.8 Å². The Balaban J connectivity index is 1.55. The van der Waals surface area contributed by atoms with E-state index < -0.39 is 11.8 Å². The molecule has 1 aliphatic heterocycles. The molecule has 1 heterocycles. The molecule has 0 aromatic heterocycles. The number of ether oxygens (including phenoxy) is 2. The monoisotopic (exact) mass is 361 g/mol. The van der Waals surface area contributed by atoms with Gasteiger partial charge >= 0.3 is 0 Å². The van der Waals surface area contributed by atoms with Gasteiger partial charge in [-0.2, -0.15) is 0 Å². The Labute approximate surface area is 151 Å². The number of rotatable bonds is 6. The fraction of sp³-hybridized carbons (Fsp3) is 0.500. The number of amides is 3. The third-order valence-corrected chi connectivity index (χ3v) is 4.54. The largest absolute Gasteiger partial charge is 0.493 e. The van der Waals surface area contributed by atoms with Crippen LogP contribution in [-0.2, 0) is 9.59 Å². The predicted octanol–water partition coefficient (Wildman–Crippen LogP) is 0.866. The van der Waals surface area contributed by atoms with Gasteiger partial charge in [-0.15, -0.1) is 0 Å². The van der Waals surface area contributed by atoms with Crippen LogP contribution in [0.25, 0.3) is 0 Å². The number of hydrazine groups is 1. The van der Waals surface area contributed by atoms with Gasteiger partial charge in [-0.25, -0.2) is 0 Å². The van der Waals surface area contributed by atoms with Gasteiger partial charge in [0.15, 0.2) is 11.5 Å². The Morgan fingerprint density at radius 2 is 2.00 bits per heavy atom. The van der Waals surface area contributed by atoms with Crippen LogP contribution in [0.5, 0.6) is 11.5 Å². The number of hydrogen-bond donors (Lipinski definition) is 2. The van der Waals surface area contributed by atoms with Crippen molar-refractivity contribution in [2.45, 2.75) is 32.2 Å². The molecule has 26 heavy (non-hydrogen) atoms. The Bertz CT molecular complexity index is 717. The molecule has 140 valence electrons. The summed E-state index contributed by atoms with van der Waals surface area (Å²) in [6, 6.07) is 5.07. The molecular weight excluding hydrogens is 338 g/mol.